The lowest BCUT2D eigenvalue weighted by molar-refractivity contribution is 0.184. The number of nitrogens with two attached hydrogens (primary N) is 2. The molecule has 1 atom stereocenters. The lowest BCUT2D eigenvalue weighted by atomic mass is 10.0. The van der Waals surface area contributed by atoms with Crippen molar-refractivity contribution in [3.8, 4) is 0 Å². The Morgan fingerprint density at radius 3 is 2.85 bits per heavy atom. The maximum Gasteiger partial charge on any atom is 0.127 e. The van der Waals surface area contributed by atoms with Gasteiger partial charge in [-0.1, -0.05) is 6.92 Å². The standard InChI is InChI=1S/C9H15N3O/c1-6(5-13-2)8-3-7(10)4-12-9(8)11/h3-4,6H,5,10H2,1-2H3,(H2,11,12). The van der Waals surface area contributed by atoms with Gasteiger partial charge in [0.25, 0.3) is 0 Å². The topological polar surface area (TPSA) is 74.2 Å². The van der Waals surface area contributed by atoms with Crippen LogP contribution in [-0.4, -0.2) is 18.7 Å². The Hall–Kier alpha value is -1.29. The summed E-state index contributed by atoms with van der Waals surface area (Å²) in [6.07, 6.45) is 1.55. The first-order valence-electron chi connectivity index (χ1n) is 4.15. The Bertz CT molecular complexity index is 288. The molecule has 0 aliphatic carbocycles. The van der Waals surface area contributed by atoms with E-state index in [1.807, 2.05) is 13.0 Å². The average molecular weight is 181 g/mol. The molecule has 0 fully saturated rings. The van der Waals surface area contributed by atoms with E-state index in [1.54, 1.807) is 13.3 Å². The Kier molecular flexibility index (Phi) is 3.08. The lowest BCUT2D eigenvalue weighted by Crippen LogP contribution is -2.07. The molecule has 0 radical (unpaired) electrons. The number of methoxy groups -OCH3 is 1. The molecule has 72 valence electrons. The molecule has 0 aliphatic heterocycles. The van der Waals surface area contributed by atoms with Crippen molar-refractivity contribution in [1.82, 2.24) is 4.98 Å². The van der Waals surface area contributed by atoms with Gasteiger partial charge in [-0.2, -0.15) is 0 Å². The molecular formula is C9H15N3O. The van der Waals surface area contributed by atoms with E-state index in [4.69, 9.17) is 16.2 Å². The highest BCUT2D eigenvalue weighted by Gasteiger charge is 2.09. The van der Waals surface area contributed by atoms with Gasteiger partial charge in [-0.15, -0.1) is 0 Å². The van der Waals surface area contributed by atoms with Gasteiger partial charge in [0.15, 0.2) is 0 Å². The average Bonchev–Trinajstić information content (AvgIpc) is 2.09. The third-order valence-corrected chi connectivity index (χ3v) is 1.92. The number of nitrogen functional groups attached to an aromatic ring is 2. The predicted molar refractivity (Wildman–Crippen MR) is 53.4 cm³/mol. The fraction of sp³-hybridized carbons (Fsp3) is 0.444. The summed E-state index contributed by atoms with van der Waals surface area (Å²) in [6, 6.07) is 1.84. The molecular weight excluding hydrogens is 166 g/mol. The van der Waals surface area contributed by atoms with Crippen LogP contribution in [-0.2, 0) is 4.74 Å². The zero-order valence-electron chi connectivity index (χ0n) is 7.95. The number of hydrogen-bond acceptors (Lipinski definition) is 4. The highest BCUT2D eigenvalue weighted by atomic mass is 16.5. The second-order valence-corrected chi connectivity index (χ2v) is 3.10. The van der Waals surface area contributed by atoms with Gasteiger partial charge in [-0.25, -0.2) is 4.98 Å². The van der Waals surface area contributed by atoms with Gasteiger partial charge in [0.05, 0.1) is 18.5 Å². The van der Waals surface area contributed by atoms with Crippen molar-refractivity contribution in [1.29, 1.82) is 0 Å². The van der Waals surface area contributed by atoms with E-state index in [-0.39, 0.29) is 5.92 Å². The molecule has 0 saturated carbocycles. The van der Waals surface area contributed by atoms with Crippen molar-refractivity contribution in [3.63, 3.8) is 0 Å². The summed E-state index contributed by atoms with van der Waals surface area (Å²) in [7, 11) is 1.66. The van der Waals surface area contributed by atoms with Crippen molar-refractivity contribution in [2.24, 2.45) is 0 Å². The molecule has 0 aromatic carbocycles. The lowest BCUT2D eigenvalue weighted by Gasteiger charge is -2.12. The Morgan fingerprint density at radius 1 is 1.54 bits per heavy atom. The number of anilines is 2. The van der Waals surface area contributed by atoms with Crippen LogP contribution in [0.25, 0.3) is 0 Å². The minimum absolute atomic E-state index is 0.223. The van der Waals surface area contributed by atoms with E-state index in [0.29, 0.717) is 18.1 Å². The van der Waals surface area contributed by atoms with Gasteiger partial charge in [-0.05, 0) is 6.07 Å². The Balaban J connectivity index is 2.91. The van der Waals surface area contributed by atoms with Gasteiger partial charge in [0.2, 0.25) is 0 Å². The molecule has 1 aromatic rings. The highest BCUT2D eigenvalue weighted by Crippen LogP contribution is 2.22. The third kappa shape index (κ3) is 2.32. The number of hydrogen-bond donors (Lipinski definition) is 2. The van der Waals surface area contributed by atoms with E-state index in [2.05, 4.69) is 4.98 Å². The monoisotopic (exact) mass is 181 g/mol. The highest BCUT2D eigenvalue weighted by molar-refractivity contribution is 5.50. The SMILES string of the molecule is COCC(C)c1cc(N)cnc1N. The zero-order chi connectivity index (χ0) is 9.84. The Labute approximate surface area is 77.9 Å². The molecule has 1 rings (SSSR count). The first-order valence-corrected chi connectivity index (χ1v) is 4.15. The number of rotatable bonds is 3. The van der Waals surface area contributed by atoms with Crippen LogP contribution < -0.4 is 11.5 Å². The van der Waals surface area contributed by atoms with Crippen LogP contribution in [0.1, 0.15) is 18.4 Å². The van der Waals surface area contributed by atoms with Gasteiger partial charge < -0.3 is 16.2 Å². The van der Waals surface area contributed by atoms with Gasteiger partial charge in [0.1, 0.15) is 5.82 Å². The van der Waals surface area contributed by atoms with Crippen molar-refractivity contribution >= 4 is 11.5 Å². The van der Waals surface area contributed by atoms with Crippen LogP contribution in [0.4, 0.5) is 11.5 Å². The zero-order valence-corrected chi connectivity index (χ0v) is 7.95. The van der Waals surface area contributed by atoms with Crippen molar-refractivity contribution in [2.75, 3.05) is 25.2 Å². The number of nitrogens with zero attached hydrogens (tertiary/aromatic N) is 1. The predicted octanol–water partition coefficient (Wildman–Crippen LogP) is 0.996. The molecule has 0 saturated heterocycles. The van der Waals surface area contributed by atoms with Crippen LogP contribution in [0.5, 0.6) is 0 Å². The van der Waals surface area contributed by atoms with Crippen molar-refractivity contribution in [3.05, 3.63) is 17.8 Å². The molecule has 13 heavy (non-hydrogen) atoms. The summed E-state index contributed by atoms with van der Waals surface area (Å²) in [6.45, 7) is 2.64. The van der Waals surface area contributed by atoms with Crippen molar-refractivity contribution in [2.45, 2.75) is 12.8 Å². The minimum Gasteiger partial charge on any atom is -0.397 e. The summed E-state index contributed by atoms with van der Waals surface area (Å²) < 4.78 is 5.03. The molecule has 1 unspecified atom stereocenters. The van der Waals surface area contributed by atoms with Crippen LogP contribution in [0, 0.1) is 0 Å². The third-order valence-electron chi connectivity index (χ3n) is 1.92. The maximum absolute atomic E-state index is 5.70. The molecule has 4 nitrogen and oxygen atoms in total. The maximum atomic E-state index is 5.70. The van der Waals surface area contributed by atoms with E-state index < -0.39 is 0 Å². The van der Waals surface area contributed by atoms with E-state index >= 15 is 0 Å². The van der Waals surface area contributed by atoms with E-state index in [0.717, 1.165) is 5.56 Å². The second-order valence-electron chi connectivity index (χ2n) is 3.10. The number of ether oxygens (including phenoxy) is 1. The van der Waals surface area contributed by atoms with Gasteiger partial charge in [0, 0.05) is 18.6 Å². The summed E-state index contributed by atoms with van der Waals surface area (Å²) in [5.41, 5.74) is 12.9. The summed E-state index contributed by atoms with van der Waals surface area (Å²) >= 11 is 0. The van der Waals surface area contributed by atoms with E-state index in [1.165, 1.54) is 0 Å². The molecule has 1 heterocycles. The Morgan fingerprint density at radius 2 is 2.23 bits per heavy atom. The van der Waals surface area contributed by atoms with Crippen LogP contribution in [0.15, 0.2) is 12.3 Å². The van der Waals surface area contributed by atoms with Crippen LogP contribution >= 0.6 is 0 Å². The molecule has 0 bridgehead atoms. The van der Waals surface area contributed by atoms with Crippen molar-refractivity contribution < 1.29 is 4.74 Å². The van der Waals surface area contributed by atoms with Gasteiger partial charge in [-0.3, -0.25) is 0 Å². The van der Waals surface area contributed by atoms with E-state index in [9.17, 15) is 0 Å². The van der Waals surface area contributed by atoms with Gasteiger partial charge >= 0.3 is 0 Å². The number of pyridine rings is 1. The molecule has 4 N–H and O–H groups in total. The fourth-order valence-electron chi connectivity index (χ4n) is 1.24. The number of aromatic nitrogens is 1. The first-order chi connectivity index (χ1) is 6.15. The fourth-order valence-corrected chi connectivity index (χ4v) is 1.24. The summed E-state index contributed by atoms with van der Waals surface area (Å²) in [5, 5.41) is 0. The largest absolute Gasteiger partial charge is 0.397 e. The molecule has 1 aromatic heterocycles. The molecule has 0 spiro atoms. The summed E-state index contributed by atoms with van der Waals surface area (Å²) in [4.78, 5) is 3.98. The summed E-state index contributed by atoms with van der Waals surface area (Å²) in [5.74, 6) is 0.750. The van der Waals surface area contributed by atoms with Crippen LogP contribution in [0.2, 0.25) is 0 Å². The second kappa shape index (κ2) is 4.09. The van der Waals surface area contributed by atoms with Crippen LogP contribution in [0.3, 0.4) is 0 Å². The molecule has 0 aliphatic rings. The molecule has 0 amide bonds. The smallest absolute Gasteiger partial charge is 0.127 e. The molecule has 4 heteroatoms. The first kappa shape index (κ1) is 9.80. The quantitative estimate of drug-likeness (QED) is 0.729. The minimum atomic E-state index is 0.223. The normalized spacial score (nSPS) is 12.8.